The zero-order valence-corrected chi connectivity index (χ0v) is 8.47. The Balaban J connectivity index is 2.82. The van der Waals surface area contributed by atoms with Crippen LogP contribution >= 0.6 is 0 Å². The third-order valence-corrected chi connectivity index (χ3v) is 4.01. The molecule has 0 bridgehead atoms. The fourth-order valence-electron chi connectivity index (χ4n) is 1.64. The van der Waals surface area contributed by atoms with Crippen LogP contribution in [0.5, 0.6) is 0 Å². The van der Waals surface area contributed by atoms with Gasteiger partial charge in [-0.05, 0) is 19.8 Å². The van der Waals surface area contributed by atoms with Crippen LogP contribution in [-0.2, 0) is 19.4 Å². The topological polar surface area (TPSA) is 60.4 Å². The SMILES string of the molecule is CCOC1(C=O)CCCS(=O)(=O)C1. The largest absolute Gasteiger partial charge is 0.367 e. The molecule has 4 nitrogen and oxygen atoms in total. The highest BCUT2D eigenvalue weighted by Crippen LogP contribution is 2.24. The Hall–Kier alpha value is -0.420. The normalized spacial score (nSPS) is 32.7. The smallest absolute Gasteiger partial charge is 0.153 e. The van der Waals surface area contributed by atoms with Crippen molar-refractivity contribution in [3.8, 4) is 0 Å². The highest BCUT2D eigenvalue weighted by atomic mass is 32.2. The van der Waals surface area contributed by atoms with Gasteiger partial charge >= 0.3 is 0 Å². The van der Waals surface area contributed by atoms with Crippen molar-refractivity contribution in [2.24, 2.45) is 0 Å². The third kappa shape index (κ3) is 2.51. The second kappa shape index (κ2) is 3.75. The first kappa shape index (κ1) is 10.7. The van der Waals surface area contributed by atoms with Crippen molar-refractivity contribution in [1.29, 1.82) is 0 Å². The number of carbonyl (C=O) groups excluding carboxylic acids is 1. The van der Waals surface area contributed by atoms with E-state index in [1.807, 2.05) is 0 Å². The Morgan fingerprint density at radius 1 is 1.54 bits per heavy atom. The molecule has 1 fully saturated rings. The minimum atomic E-state index is -3.08. The maximum Gasteiger partial charge on any atom is 0.153 e. The molecule has 0 aromatic heterocycles. The number of hydrogen-bond donors (Lipinski definition) is 0. The molecule has 0 N–H and O–H groups in total. The van der Waals surface area contributed by atoms with Crippen molar-refractivity contribution in [1.82, 2.24) is 0 Å². The van der Waals surface area contributed by atoms with Crippen LogP contribution < -0.4 is 0 Å². The van der Waals surface area contributed by atoms with E-state index in [1.165, 1.54) is 0 Å². The molecule has 0 aliphatic carbocycles. The minimum absolute atomic E-state index is 0.155. The summed E-state index contributed by atoms with van der Waals surface area (Å²) in [5.74, 6) is 0.0208. The molecule has 13 heavy (non-hydrogen) atoms. The molecule has 0 radical (unpaired) electrons. The summed E-state index contributed by atoms with van der Waals surface area (Å²) in [4.78, 5) is 10.8. The molecule has 1 atom stereocenters. The fraction of sp³-hybridized carbons (Fsp3) is 0.875. The molecule has 1 rings (SSSR count). The van der Waals surface area contributed by atoms with E-state index in [1.54, 1.807) is 6.92 Å². The summed E-state index contributed by atoms with van der Waals surface area (Å²) in [6.07, 6.45) is 1.66. The Morgan fingerprint density at radius 2 is 2.23 bits per heavy atom. The van der Waals surface area contributed by atoms with E-state index in [4.69, 9.17) is 4.74 Å². The van der Waals surface area contributed by atoms with Crippen LogP contribution in [0.25, 0.3) is 0 Å². The van der Waals surface area contributed by atoms with Crippen molar-refractivity contribution in [2.75, 3.05) is 18.1 Å². The predicted octanol–water partition coefficient (Wildman–Crippen LogP) is 0.169. The predicted molar refractivity (Wildman–Crippen MR) is 48.3 cm³/mol. The van der Waals surface area contributed by atoms with Gasteiger partial charge in [0.15, 0.2) is 16.1 Å². The van der Waals surface area contributed by atoms with Crippen LogP contribution in [0.3, 0.4) is 0 Å². The van der Waals surface area contributed by atoms with Gasteiger partial charge < -0.3 is 9.53 Å². The van der Waals surface area contributed by atoms with Crippen LogP contribution in [0, 0.1) is 0 Å². The number of aldehydes is 1. The first-order valence-corrected chi connectivity index (χ1v) is 6.16. The summed E-state index contributed by atoms with van der Waals surface area (Å²) in [7, 11) is -3.08. The van der Waals surface area contributed by atoms with E-state index >= 15 is 0 Å². The van der Waals surface area contributed by atoms with Gasteiger partial charge in [-0.1, -0.05) is 0 Å². The first-order chi connectivity index (χ1) is 6.04. The van der Waals surface area contributed by atoms with Gasteiger partial charge in [0.2, 0.25) is 0 Å². The average Bonchev–Trinajstić information content (AvgIpc) is 2.03. The third-order valence-electron chi connectivity index (χ3n) is 2.17. The van der Waals surface area contributed by atoms with E-state index in [0.29, 0.717) is 25.7 Å². The summed E-state index contributed by atoms with van der Waals surface area (Å²) in [5.41, 5.74) is -1.06. The Kier molecular flexibility index (Phi) is 3.08. The lowest BCUT2D eigenvalue weighted by atomic mass is 10.0. The Bertz CT molecular complexity index is 279. The van der Waals surface area contributed by atoms with Crippen LogP contribution in [0.1, 0.15) is 19.8 Å². The highest BCUT2D eigenvalue weighted by molar-refractivity contribution is 7.91. The zero-order chi connectivity index (χ0) is 9.95. The number of rotatable bonds is 3. The highest BCUT2D eigenvalue weighted by Gasteiger charge is 2.39. The van der Waals surface area contributed by atoms with Gasteiger partial charge in [-0.25, -0.2) is 8.42 Å². The molecular formula is C8H14O4S. The molecular weight excluding hydrogens is 192 g/mol. The zero-order valence-electron chi connectivity index (χ0n) is 7.65. The van der Waals surface area contributed by atoms with Crippen LogP contribution in [0.4, 0.5) is 0 Å². The van der Waals surface area contributed by atoms with Crippen molar-refractivity contribution in [3.05, 3.63) is 0 Å². The minimum Gasteiger partial charge on any atom is -0.367 e. The van der Waals surface area contributed by atoms with Crippen molar-refractivity contribution < 1.29 is 17.9 Å². The van der Waals surface area contributed by atoms with Gasteiger partial charge in [0, 0.05) is 6.61 Å². The number of hydrogen-bond acceptors (Lipinski definition) is 4. The molecule has 1 aliphatic rings. The monoisotopic (exact) mass is 206 g/mol. The Morgan fingerprint density at radius 3 is 2.69 bits per heavy atom. The summed E-state index contributed by atoms with van der Waals surface area (Å²) in [6, 6.07) is 0. The van der Waals surface area contributed by atoms with E-state index < -0.39 is 15.4 Å². The number of sulfone groups is 1. The van der Waals surface area contributed by atoms with Crippen LogP contribution in [0.15, 0.2) is 0 Å². The molecule has 1 heterocycles. The van der Waals surface area contributed by atoms with E-state index in [9.17, 15) is 13.2 Å². The lowest BCUT2D eigenvalue weighted by Crippen LogP contribution is -2.46. The van der Waals surface area contributed by atoms with Crippen molar-refractivity contribution in [2.45, 2.75) is 25.4 Å². The lowest BCUT2D eigenvalue weighted by molar-refractivity contribution is -0.129. The summed E-state index contributed by atoms with van der Waals surface area (Å²) in [5, 5.41) is 0. The molecule has 0 amide bonds. The molecule has 0 aromatic carbocycles. The number of carbonyl (C=O) groups is 1. The van der Waals surface area contributed by atoms with Gasteiger partial charge in [-0.2, -0.15) is 0 Å². The van der Waals surface area contributed by atoms with Crippen molar-refractivity contribution >= 4 is 16.1 Å². The van der Waals surface area contributed by atoms with E-state index in [-0.39, 0.29) is 11.5 Å². The van der Waals surface area contributed by atoms with Gasteiger partial charge in [-0.3, -0.25) is 0 Å². The number of ether oxygens (including phenoxy) is 1. The molecule has 1 aliphatic heterocycles. The summed E-state index contributed by atoms with van der Waals surface area (Å²) < 4.78 is 27.7. The van der Waals surface area contributed by atoms with E-state index in [0.717, 1.165) is 0 Å². The molecule has 1 unspecified atom stereocenters. The lowest BCUT2D eigenvalue weighted by Gasteiger charge is -2.31. The average molecular weight is 206 g/mol. The van der Waals surface area contributed by atoms with Gasteiger partial charge in [0.1, 0.15) is 5.60 Å². The second-order valence-electron chi connectivity index (χ2n) is 3.31. The summed E-state index contributed by atoms with van der Waals surface area (Å²) >= 11 is 0. The van der Waals surface area contributed by atoms with Gasteiger partial charge in [0.25, 0.3) is 0 Å². The molecule has 1 saturated heterocycles. The molecule has 76 valence electrons. The van der Waals surface area contributed by atoms with Crippen LogP contribution in [0.2, 0.25) is 0 Å². The quantitative estimate of drug-likeness (QED) is 0.617. The van der Waals surface area contributed by atoms with Gasteiger partial charge in [-0.15, -0.1) is 0 Å². The molecule has 5 heteroatoms. The maximum atomic E-state index is 11.3. The standard InChI is InChI=1S/C8H14O4S/c1-2-12-8(6-9)4-3-5-13(10,11)7-8/h6H,2-5,7H2,1H3. The summed E-state index contributed by atoms with van der Waals surface area (Å²) in [6.45, 7) is 2.13. The second-order valence-corrected chi connectivity index (χ2v) is 5.50. The molecule has 0 saturated carbocycles. The molecule has 0 spiro atoms. The van der Waals surface area contributed by atoms with Crippen LogP contribution in [-0.4, -0.2) is 38.4 Å². The fourth-order valence-corrected chi connectivity index (χ4v) is 3.40. The Labute approximate surface area is 78.2 Å². The first-order valence-electron chi connectivity index (χ1n) is 4.34. The van der Waals surface area contributed by atoms with Gasteiger partial charge in [0.05, 0.1) is 11.5 Å². The van der Waals surface area contributed by atoms with Crippen molar-refractivity contribution in [3.63, 3.8) is 0 Å². The molecule has 0 aromatic rings. The maximum absolute atomic E-state index is 11.3. The van der Waals surface area contributed by atoms with E-state index in [2.05, 4.69) is 0 Å².